The average molecular weight is 176 g/mol. The third-order valence-electron chi connectivity index (χ3n) is 1.91. The zero-order valence-corrected chi connectivity index (χ0v) is 8.02. The van der Waals surface area contributed by atoms with Crippen molar-refractivity contribution in [2.75, 3.05) is 0 Å². The number of nitrogens with zero attached hydrogens (tertiary/aromatic N) is 4. The van der Waals surface area contributed by atoms with Crippen LogP contribution in [0.2, 0.25) is 0 Å². The zero-order chi connectivity index (χ0) is 9.42. The summed E-state index contributed by atoms with van der Waals surface area (Å²) in [5.74, 6) is 1.21. The summed E-state index contributed by atoms with van der Waals surface area (Å²) < 4.78 is 1.75. The number of aryl methyl sites for hydroxylation is 1. The molecule has 2 aromatic rings. The SMILES string of the molecule is CC(C)c1ncc2cn(C)nc2n1. The maximum absolute atomic E-state index is 4.35. The summed E-state index contributed by atoms with van der Waals surface area (Å²) in [4.78, 5) is 8.61. The second-order valence-corrected chi connectivity index (χ2v) is 3.46. The molecule has 4 heteroatoms. The van der Waals surface area contributed by atoms with Gasteiger partial charge in [0.25, 0.3) is 0 Å². The highest BCUT2D eigenvalue weighted by Crippen LogP contribution is 2.12. The Balaban J connectivity index is 2.61. The van der Waals surface area contributed by atoms with Crippen LogP contribution in [0.5, 0.6) is 0 Å². The number of hydrogen-bond acceptors (Lipinski definition) is 3. The maximum Gasteiger partial charge on any atom is 0.184 e. The minimum atomic E-state index is 0.353. The fourth-order valence-corrected chi connectivity index (χ4v) is 1.22. The van der Waals surface area contributed by atoms with Crippen LogP contribution >= 0.6 is 0 Å². The summed E-state index contributed by atoms with van der Waals surface area (Å²) >= 11 is 0. The second kappa shape index (κ2) is 2.80. The molecular weight excluding hydrogens is 164 g/mol. The van der Waals surface area contributed by atoms with Gasteiger partial charge in [0, 0.05) is 25.4 Å². The molecule has 0 bridgehead atoms. The van der Waals surface area contributed by atoms with Crippen LogP contribution in [-0.4, -0.2) is 19.7 Å². The van der Waals surface area contributed by atoms with Gasteiger partial charge in [-0.1, -0.05) is 13.8 Å². The normalized spacial score (nSPS) is 11.4. The third kappa shape index (κ3) is 1.39. The van der Waals surface area contributed by atoms with E-state index in [1.54, 1.807) is 4.68 Å². The van der Waals surface area contributed by atoms with Gasteiger partial charge in [-0.25, -0.2) is 9.97 Å². The van der Waals surface area contributed by atoms with Crippen molar-refractivity contribution in [3.05, 3.63) is 18.2 Å². The number of aromatic nitrogens is 4. The first kappa shape index (κ1) is 8.16. The van der Waals surface area contributed by atoms with E-state index in [1.165, 1.54) is 0 Å². The molecule has 2 aromatic heterocycles. The fraction of sp³-hybridized carbons (Fsp3) is 0.444. The first-order chi connectivity index (χ1) is 6.16. The predicted octanol–water partition coefficient (Wildman–Crippen LogP) is 1.49. The Hall–Kier alpha value is -1.45. The lowest BCUT2D eigenvalue weighted by molar-refractivity contribution is 0.760. The Bertz CT molecular complexity index is 430. The smallest absolute Gasteiger partial charge is 0.184 e. The first-order valence-electron chi connectivity index (χ1n) is 4.33. The Labute approximate surface area is 76.6 Å². The van der Waals surface area contributed by atoms with Crippen LogP contribution in [0.25, 0.3) is 11.0 Å². The molecule has 0 N–H and O–H groups in total. The minimum absolute atomic E-state index is 0.353. The summed E-state index contributed by atoms with van der Waals surface area (Å²) in [5, 5.41) is 5.21. The second-order valence-electron chi connectivity index (χ2n) is 3.46. The molecule has 0 radical (unpaired) electrons. The van der Waals surface area contributed by atoms with Gasteiger partial charge in [-0.15, -0.1) is 0 Å². The topological polar surface area (TPSA) is 43.6 Å². The average Bonchev–Trinajstić information content (AvgIpc) is 2.42. The maximum atomic E-state index is 4.35. The highest BCUT2D eigenvalue weighted by molar-refractivity contribution is 5.72. The lowest BCUT2D eigenvalue weighted by Crippen LogP contribution is -1.96. The van der Waals surface area contributed by atoms with Gasteiger partial charge in [-0.2, -0.15) is 5.10 Å². The minimum Gasteiger partial charge on any atom is -0.273 e. The van der Waals surface area contributed by atoms with Gasteiger partial charge in [-0.05, 0) is 0 Å². The summed E-state index contributed by atoms with van der Waals surface area (Å²) in [6.07, 6.45) is 3.74. The van der Waals surface area contributed by atoms with E-state index in [4.69, 9.17) is 0 Å². The molecule has 0 aliphatic rings. The third-order valence-corrected chi connectivity index (χ3v) is 1.91. The van der Waals surface area contributed by atoms with Crippen molar-refractivity contribution in [1.82, 2.24) is 19.7 Å². The van der Waals surface area contributed by atoms with Gasteiger partial charge in [0.05, 0.1) is 5.39 Å². The van der Waals surface area contributed by atoms with Crippen LogP contribution in [0.15, 0.2) is 12.4 Å². The molecule has 0 aromatic carbocycles. The van der Waals surface area contributed by atoms with Gasteiger partial charge in [0.15, 0.2) is 5.65 Å². The van der Waals surface area contributed by atoms with Crippen molar-refractivity contribution in [1.29, 1.82) is 0 Å². The van der Waals surface area contributed by atoms with E-state index < -0.39 is 0 Å². The molecule has 0 saturated carbocycles. The van der Waals surface area contributed by atoms with Crippen molar-refractivity contribution >= 4 is 11.0 Å². The Morgan fingerprint density at radius 2 is 2.15 bits per heavy atom. The van der Waals surface area contributed by atoms with Crippen LogP contribution in [0.4, 0.5) is 0 Å². The van der Waals surface area contributed by atoms with E-state index in [1.807, 2.05) is 19.4 Å². The van der Waals surface area contributed by atoms with Crippen molar-refractivity contribution in [3.63, 3.8) is 0 Å². The molecule has 0 spiro atoms. The summed E-state index contributed by atoms with van der Waals surface area (Å²) in [6.45, 7) is 4.15. The summed E-state index contributed by atoms with van der Waals surface area (Å²) in [7, 11) is 1.89. The molecule has 0 fully saturated rings. The Kier molecular flexibility index (Phi) is 1.76. The first-order valence-corrected chi connectivity index (χ1v) is 4.33. The van der Waals surface area contributed by atoms with E-state index in [0.717, 1.165) is 16.9 Å². The van der Waals surface area contributed by atoms with E-state index in [2.05, 4.69) is 28.9 Å². The van der Waals surface area contributed by atoms with Crippen LogP contribution in [0, 0.1) is 0 Å². The standard InChI is InChI=1S/C9H12N4/c1-6(2)8-10-4-7-5-13(3)12-9(7)11-8/h4-6H,1-3H3. The number of fused-ring (bicyclic) bond motifs is 1. The molecule has 0 saturated heterocycles. The molecule has 0 atom stereocenters. The summed E-state index contributed by atoms with van der Waals surface area (Å²) in [5.41, 5.74) is 0.779. The van der Waals surface area contributed by atoms with Gasteiger partial charge in [0.2, 0.25) is 0 Å². The Morgan fingerprint density at radius 1 is 1.38 bits per heavy atom. The molecule has 0 aliphatic carbocycles. The number of hydrogen-bond donors (Lipinski definition) is 0. The van der Waals surface area contributed by atoms with E-state index >= 15 is 0 Å². The monoisotopic (exact) mass is 176 g/mol. The lowest BCUT2D eigenvalue weighted by atomic mass is 10.2. The number of rotatable bonds is 1. The fourth-order valence-electron chi connectivity index (χ4n) is 1.22. The Morgan fingerprint density at radius 3 is 2.85 bits per heavy atom. The molecule has 68 valence electrons. The van der Waals surface area contributed by atoms with Crippen LogP contribution in [0.3, 0.4) is 0 Å². The highest BCUT2D eigenvalue weighted by atomic mass is 15.3. The zero-order valence-electron chi connectivity index (χ0n) is 8.02. The molecule has 0 unspecified atom stereocenters. The highest BCUT2D eigenvalue weighted by Gasteiger charge is 2.05. The molecule has 0 amide bonds. The van der Waals surface area contributed by atoms with Crippen molar-refractivity contribution in [3.8, 4) is 0 Å². The quantitative estimate of drug-likeness (QED) is 0.661. The van der Waals surface area contributed by atoms with E-state index in [9.17, 15) is 0 Å². The van der Waals surface area contributed by atoms with E-state index in [-0.39, 0.29) is 0 Å². The largest absolute Gasteiger partial charge is 0.273 e. The lowest BCUT2D eigenvalue weighted by Gasteiger charge is -2.00. The van der Waals surface area contributed by atoms with Crippen molar-refractivity contribution in [2.45, 2.75) is 19.8 Å². The van der Waals surface area contributed by atoms with Gasteiger partial charge in [0.1, 0.15) is 5.82 Å². The van der Waals surface area contributed by atoms with Crippen LogP contribution in [-0.2, 0) is 7.05 Å². The molecule has 2 rings (SSSR count). The van der Waals surface area contributed by atoms with Gasteiger partial charge in [-0.3, -0.25) is 4.68 Å². The van der Waals surface area contributed by atoms with Gasteiger partial charge < -0.3 is 0 Å². The summed E-state index contributed by atoms with van der Waals surface area (Å²) in [6, 6.07) is 0. The van der Waals surface area contributed by atoms with Gasteiger partial charge >= 0.3 is 0 Å². The van der Waals surface area contributed by atoms with Crippen molar-refractivity contribution < 1.29 is 0 Å². The molecule has 0 aliphatic heterocycles. The van der Waals surface area contributed by atoms with Crippen LogP contribution < -0.4 is 0 Å². The molecular formula is C9H12N4. The molecule has 13 heavy (non-hydrogen) atoms. The molecule has 4 nitrogen and oxygen atoms in total. The van der Waals surface area contributed by atoms with E-state index in [0.29, 0.717) is 5.92 Å². The molecule has 2 heterocycles. The van der Waals surface area contributed by atoms with Crippen molar-refractivity contribution in [2.24, 2.45) is 7.05 Å². The predicted molar refractivity (Wildman–Crippen MR) is 50.4 cm³/mol. The van der Waals surface area contributed by atoms with Crippen LogP contribution in [0.1, 0.15) is 25.6 Å².